The molecular formula is C15H23BrN4O3S. The highest BCUT2D eigenvalue weighted by atomic mass is 79.9. The zero-order chi connectivity index (χ0) is 17.7. The second kappa shape index (κ2) is 8.26. The van der Waals surface area contributed by atoms with Gasteiger partial charge in [-0.1, -0.05) is 19.8 Å². The summed E-state index contributed by atoms with van der Waals surface area (Å²) in [6.45, 7) is 2.15. The van der Waals surface area contributed by atoms with E-state index in [9.17, 15) is 13.2 Å². The van der Waals surface area contributed by atoms with E-state index in [-0.39, 0.29) is 35.6 Å². The lowest BCUT2D eigenvalue weighted by Gasteiger charge is -2.29. The number of hydrogen-bond donors (Lipinski definition) is 3. The van der Waals surface area contributed by atoms with Crippen LogP contribution in [0.1, 0.15) is 39.0 Å². The van der Waals surface area contributed by atoms with Gasteiger partial charge in [0.2, 0.25) is 15.9 Å². The molecule has 134 valence electrons. The number of sulfonamides is 1. The Labute approximate surface area is 151 Å². The minimum absolute atomic E-state index is 0.0151. The summed E-state index contributed by atoms with van der Waals surface area (Å²) in [4.78, 5) is 15.7. The lowest BCUT2D eigenvalue weighted by Crippen LogP contribution is -2.42. The monoisotopic (exact) mass is 418 g/mol. The molecule has 1 fully saturated rings. The maximum absolute atomic E-state index is 12.2. The van der Waals surface area contributed by atoms with Gasteiger partial charge in [-0.3, -0.25) is 4.79 Å². The van der Waals surface area contributed by atoms with E-state index in [4.69, 9.17) is 5.73 Å². The third kappa shape index (κ3) is 5.15. The highest BCUT2D eigenvalue weighted by Crippen LogP contribution is 2.23. The van der Waals surface area contributed by atoms with E-state index >= 15 is 0 Å². The zero-order valence-corrected chi connectivity index (χ0v) is 16.0. The van der Waals surface area contributed by atoms with Crippen LogP contribution in [0.3, 0.4) is 0 Å². The molecule has 0 spiro atoms. The Morgan fingerprint density at radius 3 is 2.83 bits per heavy atom. The third-order valence-corrected chi connectivity index (χ3v) is 6.16. The number of rotatable bonds is 6. The molecule has 1 saturated carbocycles. The van der Waals surface area contributed by atoms with Crippen molar-refractivity contribution in [3.8, 4) is 0 Å². The number of carbonyl (C=O) groups excluding carboxylic acids is 1. The van der Waals surface area contributed by atoms with Crippen molar-refractivity contribution in [2.45, 2.75) is 50.0 Å². The first-order valence-electron chi connectivity index (χ1n) is 7.99. The Balaban J connectivity index is 1.86. The Kier molecular flexibility index (Phi) is 6.59. The molecule has 1 aliphatic carbocycles. The summed E-state index contributed by atoms with van der Waals surface area (Å²) in [5.74, 6) is 0.245. The highest BCUT2D eigenvalue weighted by Gasteiger charge is 2.23. The van der Waals surface area contributed by atoms with Crippen molar-refractivity contribution in [2.24, 2.45) is 5.92 Å². The minimum atomic E-state index is -3.80. The SMILES string of the molecule is C[C@H]1CCCC[C@H]1NC(=O)CCNS(=O)(=O)c1cc(Br)cnc1N. The Bertz CT molecular complexity index is 696. The highest BCUT2D eigenvalue weighted by molar-refractivity contribution is 9.10. The number of anilines is 1. The quantitative estimate of drug-likeness (QED) is 0.651. The molecule has 2 atom stereocenters. The third-order valence-electron chi connectivity index (χ3n) is 4.24. The Hall–Kier alpha value is -1.19. The van der Waals surface area contributed by atoms with Crippen LogP contribution < -0.4 is 15.8 Å². The molecule has 0 radical (unpaired) electrons. The number of amides is 1. The molecule has 1 aliphatic rings. The number of aromatic nitrogens is 1. The second-order valence-electron chi connectivity index (χ2n) is 6.12. The van der Waals surface area contributed by atoms with Crippen molar-refractivity contribution < 1.29 is 13.2 Å². The van der Waals surface area contributed by atoms with Gasteiger partial charge < -0.3 is 11.1 Å². The maximum atomic E-state index is 12.2. The van der Waals surface area contributed by atoms with Crippen LogP contribution in [-0.2, 0) is 14.8 Å². The van der Waals surface area contributed by atoms with Crippen molar-refractivity contribution in [3.05, 3.63) is 16.7 Å². The molecule has 4 N–H and O–H groups in total. The number of nitrogens with zero attached hydrogens (tertiary/aromatic N) is 1. The number of nitrogen functional groups attached to an aromatic ring is 1. The first kappa shape index (κ1) is 19.1. The van der Waals surface area contributed by atoms with E-state index in [0.29, 0.717) is 10.4 Å². The maximum Gasteiger partial charge on any atom is 0.244 e. The molecule has 2 rings (SSSR count). The van der Waals surface area contributed by atoms with Crippen LogP contribution in [0.15, 0.2) is 21.6 Å². The van der Waals surface area contributed by atoms with Crippen molar-refractivity contribution in [2.75, 3.05) is 12.3 Å². The number of halogens is 1. The van der Waals surface area contributed by atoms with Gasteiger partial charge >= 0.3 is 0 Å². The number of nitrogens with one attached hydrogen (secondary N) is 2. The number of nitrogens with two attached hydrogens (primary N) is 1. The van der Waals surface area contributed by atoms with E-state index in [1.807, 2.05) is 0 Å². The van der Waals surface area contributed by atoms with Crippen LogP contribution in [0.25, 0.3) is 0 Å². The van der Waals surface area contributed by atoms with E-state index < -0.39 is 10.0 Å². The fourth-order valence-corrected chi connectivity index (χ4v) is 4.45. The largest absolute Gasteiger partial charge is 0.383 e. The summed E-state index contributed by atoms with van der Waals surface area (Å²) in [5, 5.41) is 3.00. The van der Waals surface area contributed by atoms with Crippen LogP contribution in [0, 0.1) is 5.92 Å². The molecule has 1 aromatic rings. The molecule has 0 aliphatic heterocycles. The van der Waals surface area contributed by atoms with Crippen LogP contribution in [0.5, 0.6) is 0 Å². The predicted molar refractivity (Wildman–Crippen MR) is 95.7 cm³/mol. The molecule has 0 unspecified atom stereocenters. The molecule has 1 heterocycles. The van der Waals surface area contributed by atoms with Gasteiger partial charge in [-0.2, -0.15) is 0 Å². The van der Waals surface area contributed by atoms with Crippen LogP contribution in [0.4, 0.5) is 5.82 Å². The van der Waals surface area contributed by atoms with Crippen molar-refractivity contribution >= 4 is 37.7 Å². The second-order valence-corrected chi connectivity index (χ2v) is 8.77. The molecular weight excluding hydrogens is 396 g/mol. The van der Waals surface area contributed by atoms with Gasteiger partial charge in [0.05, 0.1) is 0 Å². The number of hydrogen-bond acceptors (Lipinski definition) is 5. The standard InChI is InChI=1S/C15H23BrN4O3S/c1-10-4-2-3-5-12(10)20-14(21)6-7-19-24(22,23)13-8-11(16)9-18-15(13)17/h8-10,12,19H,2-7H2,1H3,(H2,17,18)(H,20,21)/t10-,12+/m0/s1. The number of carbonyl (C=O) groups is 1. The average Bonchev–Trinajstić information content (AvgIpc) is 2.51. The summed E-state index contributed by atoms with van der Waals surface area (Å²) in [7, 11) is -3.80. The van der Waals surface area contributed by atoms with Crippen LogP contribution in [-0.4, -0.2) is 31.9 Å². The topological polar surface area (TPSA) is 114 Å². The van der Waals surface area contributed by atoms with E-state index in [0.717, 1.165) is 19.3 Å². The molecule has 0 saturated heterocycles. The van der Waals surface area contributed by atoms with Gasteiger partial charge in [0, 0.05) is 29.7 Å². The lowest BCUT2D eigenvalue weighted by atomic mass is 9.86. The van der Waals surface area contributed by atoms with Gasteiger partial charge in [0.1, 0.15) is 10.7 Å². The van der Waals surface area contributed by atoms with E-state index in [2.05, 4.69) is 37.9 Å². The molecule has 9 heteroatoms. The summed E-state index contributed by atoms with van der Waals surface area (Å²) >= 11 is 3.17. The summed E-state index contributed by atoms with van der Waals surface area (Å²) in [5.41, 5.74) is 5.62. The summed E-state index contributed by atoms with van der Waals surface area (Å²) < 4.78 is 27.4. The first-order valence-corrected chi connectivity index (χ1v) is 10.3. The summed E-state index contributed by atoms with van der Waals surface area (Å²) in [6.07, 6.45) is 5.94. The molecule has 1 amide bonds. The van der Waals surface area contributed by atoms with Gasteiger partial charge in [-0.15, -0.1) is 0 Å². The summed E-state index contributed by atoms with van der Waals surface area (Å²) in [6, 6.07) is 1.57. The Morgan fingerprint density at radius 2 is 2.12 bits per heavy atom. The number of pyridine rings is 1. The fourth-order valence-electron chi connectivity index (χ4n) is 2.83. The molecule has 0 bridgehead atoms. The molecule has 24 heavy (non-hydrogen) atoms. The van der Waals surface area contributed by atoms with Gasteiger partial charge in [-0.05, 0) is 40.8 Å². The smallest absolute Gasteiger partial charge is 0.244 e. The average molecular weight is 419 g/mol. The normalized spacial score (nSPS) is 21.4. The first-order chi connectivity index (χ1) is 11.3. The van der Waals surface area contributed by atoms with Gasteiger partial charge in [-0.25, -0.2) is 18.1 Å². The molecule has 7 nitrogen and oxygen atoms in total. The van der Waals surface area contributed by atoms with Crippen molar-refractivity contribution in [3.63, 3.8) is 0 Å². The van der Waals surface area contributed by atoms with E-state index in [1.54, 1.807) is 0 Å². The predicted octanol–water partition coefficient (Wildman–Crippen LogP) is 1.79. The van der Waals surface area contributed by atoms with Gasteiger partial charge in [0.25, 0.3) is 0 Å². The van der Waals surface area contributed by atoms with Crippen LogP contribution >= 0.6 is 15.9 Å². The van der Waals surface area contributed by atoms with Crippen molar-refractivity contribution in [1.82, 2.24) is 15.0 Å². The zero-order valence-electron chi connectivity index (χ0n) is 13.6. The molecule has 1 aromatic heterocycles. The lowest BCUT2D eigenvalue weighted by molar-refractivity contribution is -0.122. The Morgan fingerprint density at radius 1 is 1.42 bits per heavy atom. The van der Waals surface area contributed by atoms with Crippen LogP contribution in [0.2, 0.25) is 0 Å². The van der Waals surface area contributed by atoms with E-state index in [1.165, 1.54) is 18.7 Å². The van der Waals surface area contributed by atoms with Gasteiger partial charge in [0.15, 0.2) is 0 Å². The van der Waals surface area contributed by atoms with Crippen molar-refractivity contribution in [1.29, 1.82) is 0 Å². The molecule has 0 aromatic carbocycles. The fraction of sp³-hybridized carbons (Fsp3) is 0.600. The minimum Gasteiger partial charge on any atom is -0.383 e.